The van der Waals surface area contributed by atoms with Gasteiger partial charge in [-0.1, -0.05) is 78.3 Å². The molecule has 0 radical (unpaired) electrons. The fourth-order valence-corrected chi connectivity index (χ4v) is 7.30. The monoisotopic (exact) mass is 732 g/mol. The van der Waals surface area contributed by atoms with Crippen LogP contribution in [0.5, 0.6) is 5.75 Å². The number of hydrogen-bond acceptors (Lipinski definition) is 8. The number of fused-ring (bicyclic) bond motifs is 2. The largest absolute Gasteiger partial charge is 0.488 e. The molecule has 0 fully saturated rings. The average Bonchev–Trinajstić information content (AvgIpc) is 3.97. The van der Waals surface area contributed by atoms with Crippen molar-refractivity contribution < 1.29 is 19.0 Å². The van der Waals surface area contributed by atoms with Crippen LogP contribution in [0.1, 0.15) is 51.4 Å². The summed E-state index contributed by atoms with van der Waals surface area (Å²) < 4.78 is 19.5. The molecule has 7 aromatic rings. The van der Waals surface area contributed by atoms with Gasteiger partial charge in [0.1, 0.15) is 36.2 Å². The predicted octanol–water partition coefficient (Wildman–Crippen LogP) is 8.90. The standard InChI is InChI=1S/C43H33ClN6O4/c44-34-24-38(54-25-26-8-3-1-4-9-26)33(43-52-20-21-53-43)23-32(34)42(51)49-36-16-13-28-22-29(14-15-30(28)36)50-40(31-12-7-19-46-39(31)45)48-37-18-17-35(47-41(37)50)27-10-5-2-6-11-27/h1-12,14-15,17-24,36,43H,13,16,25H2,(H2,45,46)(H,49,51)/t36-/m0/s1. The van der Waals surface area contributed by atoms with Crippen molar-refractivity contribution in [3.63, 3.8) is 0 Å². The van der Waals surface area contributed by atoms with E-state index in [2.05, 4.69) is 22.4 Å². The first kappa shape index (κ1) is 33.2. The topological polar surface area (TPSA) is 126 Å². The van der Waals surface area contributed by atoms with E-state index in [0.29, 0.717) is 46.3 Å². The maximum absolute atomic E-state index is 13.9. The second-order valence-electron chi connectivity index (χ2n) is 13.1. The molecular weight excluding hydrogens is 700 g/mol. The second kappa shape index (κ2) is 14.1. The molecule has 10 nitrogen and oxygen atoms in total. The minimum absolute atomic E-state index is 0.230. The number of ether oxygens (including phenoxy) is 3. The molecule has 1 atom stereocenters. The number of benzene rings is 4. The van der Waals surface area contributed by atoms with Crippen molar-refractivity contribution in [2.24, 2.45) is 0 Å². The van der Waals surface area contributed by atoms with E-state index >= 15 is 0 Å². The van der Waals surface area contributed by atoms with E-state index in [4.69, 9.17) is 41.5 Å². The molecule has 0 saturated carbocycles. The van der Waals surface area contributed by atoms with Crippen LogP contribution in [0.2, 0.25) is 5.02 Å². The molecule has 4 heterocycles. The molecule has 3 N–H and O–H groups in total. The van der Waals surface area contributed by atoms with Crippen molar-refractivity contribution in [2.75, 3.05) is 5.73 Å². The Balaban J connectivity index is 1.03. The molecule has 266 valence electrons. The van der Waals surface area contributed by atoms with E-state index < -0.39 is 6.29 Å². The summed E-state index contributed by atoms with van der Waals surface area (Å²) >= 11 is 6.76. The molecule has 4 aromatic carbocycles. The fraction of sp³-hybridized carbons (Fsp3) is 0.116. The van der Waals surface area contributed by atoms with E-state index in [-0.39, 0.29) is 17.0 Å². The molecule has 0 bridgehead atoms. The third-order valence-corrected chi connectivity index (χ3v) is 10.0. The minimum atomic E-state index is -0.769. The van der Waals surface area contributed by atoms with Crippen molar-refractivity contribution in [3.8, 4) is 34.1 Å². The van der Waals surface area contributed by atoms with Gasteiger partial charge >= 0.3 is 0 Å². The number of nitrogens with two attached hydrogens (primary N) is 1. The SMILES string of the molecule is Nc1ncccc1-c1nc2ccc(-c3ccccc3)nc2n1-c1ccc2c(c1)CC[C@@H]2NC(=O)c1cc(C2OC=CO2)c(OCc2ccccc2)cc1Cl. The van der Waals surface area contributed by atoms with Crippen LogP contribution in [-0.2, 0) is 22.5 Å². The molecule has 0 spiro atoms. The molecule has 1 aliphatic carbocycles. The molecular formula is C43H33ClN6O4. The number of nitrogens with zero attached hydrogens (tertiary/aromatic N) is 4. The van der Waals surface area contributed by atoms with E-state index in [9.17, 15) is 4.79 Å². The van der Waals surface area contributed by atoms with Crippen molar-refractivity contribution in [3.05, 3.63) is 167 Å². The summed E-state index contributed by atoms with van der Waals surface area (Å²) in [6.07, 6.45) is 5.29. The highest BCUT2D eigenvalue weighted by atomic mass is 35.5. The average molecular weight is 733 g/mol. The Kier molecular flexibility index (Phi) is 8.64. The first-order valence-electron chi connectivity index (χ1n) is 17.6. The van der Waals surface area contributed by atoms with E-state index in [0.717, 1.165) is 52.0 Å². The van der Waals surface area contributed by atoms with Crippen LogP contribution in [0.4, 0.5) is 5.82 Å². The number of pyridine rings is 2. The van der Waals surface area contributed by atoms with E-state index in [1.54, 1.807) is 18.3 Å². The lowest BCUT2D eigenvalue weighted by Gasteiger charge is -2.20. The molecule has 11 heteroatoms. The smallest absolute Gasteiger partial charge is 0.269 e. The lowest BCUT2D eigenvalue weighted by molar-refractivity contribution is -0.0266. The second-order valence-corrected chi connectivity index (χ2v) is 13.5. The zero-order chi connectivity index (χ0) is 36.6. The Morgan fingerprint density at radius 1 is 0.889 bits per heavy atom. The number of aromatic nitrogens is 4. The van der Waals surface area contributed by atoms with E-state index in [1.807, 2.05) is 95.6 Å². The number of carbonyl (C=O) groups is 1. The lowest BCUT2D eigenvalue weighted by atomic mass is 10.0. The molecule has 3 aromatic heterocycles. The quantitative estimate of drug-likeness (QED) is 0.151. The Morgan fingerprint density at radius 2 is 1.69 bits per heavy atom. The maximum atomic E-state index is 13.9. The number of halogens is 1. The van der Waals surface area contributed by atoms with Gasteiger partial charge in [-0.2, -0.15) is 0 Å². The molecule has 2 aliphatic rings. The van der Waals surface area contributed by atoms with Gasteiger partial charge in [-0.3, -0.25) is 9.36 Å². The van der Waals surface area contributed by atoms with Crippen LogP contribution in [0.3, 0.4) is 0 Å². The lowest BCUT2D eigenvalue weighted by Crippen LogP contribution is -2.27. The summed E-state index contributed by atoms with van der Waals surface area (Å²) in [7, 11) is 0. The Morgan fingerprint density at radius 3 is 2.48 bits per heavy atom. The highest BCUT2D eigenvalue weighted by molar-refractivity contribution is 6.34. The van der Waals surface area contributed by atoms with Crippen molar-refractivity contribution in [1.82, 2.24) is 24.8 Å². The normalized spacial score (nSPS) is 14.8. The molecule has 1 amide bonds. The number of anilines is 1. The number of nitrogens with one attached hydrogen (secondary N) is 1. The van der Waals surface area contributed by atoms with Crippen LogP contribution in [0.25, 0.3) is 39.5 Å². The molecule has 0 saturated heterocycles. The summed E-state index contributed by atoms with van der Waals surface area (Å²) in [5.74, 6) is 1.18. The van der Waals surface area contributed by atoms with Crippen LogP contribution < -0.4 is 15.8 Å². The summed E-state index contributed by atoms with van der Waals surface area (Å²) in [6.45, 7) is 0.312. The van der Waals surface area contributed by atoms with Gasteiger partial charge < -0.3 is 25.3 Å². The van der Waals surface area contributed by atoms with Crippen molar-refractivity contribution in [1.29, 1.82) is 0 Å². The maximum Gasteiger partial charge on any atom is 0.269 e. The summed E-state index contributed by atoms with van der Waals surface area (Å²) in [5, 5.41) is 3.48. The summed E-state index contributed by atoms with van der Waals surface area (Å²) in [4.78, 5) is 28.3. The van der Waals surface area contributed by atoms with Gasteiger partial charge in [0.25, 0.3) is 12.2 Å². The highest BCUT2D eigenvalue weighted by Gasteiger charge is 2.29. The highest BCUT2D eigenvalue weighted by Crippen LogP contribution is 2.39. The molecule has 0 unspecified atom stereocenters. The number of carbonyl (C=O) groups excluding carboxylic acids is 1. The number of rotatable bonds is 9. The van der Waals surface area contributed by atoms with Gasteiger partial charge in [-0.15, -0.1) is 0 Å². The first-order valence-corrected chi connectivity index (χ1v) is 17.9. The Hall–Kier alpha value is -6.65. The fourth-order valence-electron chi connectivity index (χ4n) is 7.06. The Bertz CT molecular complexity index is 2550. The van der Waals surface area contributed by atoms with E-state index in [1.165, 1.54) is 12.5 Å². The Labute approximate surface area is 315 Å². The summed E-state index contributed by atoms with van der Waals surface area (Å²) in [6, 6.07) is 36.9. The van der Waals surface area contributed by atoms with Gasteiger partial charge in [0, 0.05) is 23.5 Å². The number of nitrogen functional groups attached to an aromatic ring is 1. The minimum Gasteiger partial charge on any atom is -0.488 e. The van der Waals surface area contributed by atoms with Crippen LogP contribution in [0, 0.1) is 0 Å². The van der Waals surface area contributed by atoms with Crippen molar-refractivity contribution in [2.45, 2.75) is 31.8 Å². The number of imidazole rings is 1. The van der Waals surface area contributed by atoms with Crippen LogP contribution in [0.15, 0.2) is 134 Å². The van der Waals surface area contributed by atoms with Gasteiger partial charge in [0.15, 0.2) is 11.5 Å². The third-order valence-electron chi connectivity index (χ3n) is 9.72. The van der Waals surface area contributed by atoms with Gasteiger partial charge in [-0.25, -0.2) is 15.0 Å². The van der Waals surface area contributed by atoms with Crippen LogP contribution >= 0.6 is 11.6 Å². The molecule has 54 heavy (non-hydrogen) atoms. The summed E-state index contributed by atoms with van der Waals surface area (Å²) in [5.41, 5.74) is 15.2. The molecule has 9 rings (SSSR count). The predicted molar refractivity (Wildman–Crippen MR) is 207 cm³/mol. The zero-order valence-corrected chi connectivity index (χ0v) is 29.6. The number of aryl methyl sites for hydroxylation is 1. The zero-order valence-electron chi connectivity index (χ0n) is 28.9. The van der Waals surface area contributed by atoms with Gasteiger partial charge in [-0.05, 0) is 72.0 Å². The first-order chi connectivity index (χ1) is 26.5. The van der Waals surface area contributed by atoms with Gasteiger partial charge in [0.05, 0.1) is 33.4 Å². The van der Waals surface area contributed by atoms with Gasteiger partial charge in [0.2, 0.25) is 0 Å². The number of amides is 1. The third kappa shape index (κ3) is 6.26. The van der Waals surface area contributed by atoms with Crippen molar-refractivity contribution >= 4 is 34.5 Å². The molecule has 1 aliphatic heterocycles. The number of hydrogen-bond donors (Lipinski definition) is 2. The van der Waals surface area contributed by atoms with Crippen LogP contribution in [-0.4, -0.2) is 25.4 Å².